The van der Waals surface area contributed by atoms with Crippen molar-refractivity contribution < 1.29 is 14.5 Å². The van der Waals surface area contributed by atoms with Gasteiger partial charge in [-0.05, 0) is 25.0 Å². The van der Waals surface area contributed by atoms with Gasteiger partial charge in [-0.1, -0.05) is 13.8 Å². The number of carbonyl (C=O) groups excluding carboxylic acids is 1. The summed E-state index contributed by atoms with van der Waals surface area (Å²) in [7, 11) is 0. The van der Waals surface area contributed by atoms with Crippen molar-refractivity contribution in [2.24, 2.45) is 11.7 Å². The number of nitro benzene ring substituents is 1. The lowest BCUT2D eigenvalue weighted by molar-refractivity contribution is -0.384. The molecule has 3 N–H and O–H groups in total. The maximum absolute atomic E-state index is 11.9. The monoisotopic (exact) mass is 331 g/mol. The Bertz CT molecular complexity index is 507. The van der Waals surface area contributed by atoms with Gasteiger partial charge in [-0.2, -0.15) is 0 Å². The zero-order chi connectivity index (χ0) is 16.0. The quantitative estimate of drug-likeness (QED) is 0.586. The van der Waals surface area contributed by atoms with E-state index in [1.165, 1.54) is 24.3 Å². The van der Waals surface area contributed by atoms with E-state index in [1.807, 2.05) is 20.8 Å². The first-order chi connectivity index (χ1) is 9.78. The van der Waals surface area contributed by atoms with Crippen LogP contribution in [-0.2, 0) is 4.79 Å². The second-order valence-electron chi connectivity index (χ2n) is 5.36. The Morgan fingerprint density at radius 2 is 1.95 bits per heavy atom. The maximum atomic E-state index is 11.9. The number of nitrogens with zero attached hydrogens (tertiary/aromatic N) is 1. The van der Waals surface area contributed by atoms with Crippen molar-refractivity contribution in [2.75, 3.05) is 13.2 Å². The third-order valence-corrected chi connectivity index (χ3v) is 3.54. The van der Waals surface area contributed by atoms with E-state index in [-0.39, 0.29) is 36.5 Å². The number of nitrogens with two attached hydrogens (primary N) is 1. The summed E-state index contributed by atoms with van der Waals surface area (Å²) in [5, 5.41) is 13.4. The lowest BCUT2D eigenvalue weighted by Gasteiger charge is -2.33. The van der Waals surface area contributed by atoms with Gasteiger partial charge in [-0.15, -0.1) is 12.4 Å². The summed E-state index contributed by atoms with van der Waals surface area (Å²) in [4.78, 5) is 21.9. The molecule has 1 unspecified atom stereocenters. The Morgan fingerprint density at radius 1 is 1.41 bits per heavy atom. The van der Waals surface area contributed by atoms with E-state index in [2.05, 4.69) is 5.32 Å². The van der Waals surface area contributed by atoms with E-state index >= 15 is 0 Å². The highest BCUT2D eigenvalue weighted by Gasteiger charge is 2.28. The number of halogens is 1. The third-order valence-electron chi connectivity index (χ3n) is 3.54. The maximum Gasteiger partial charge on any atom is 0.269 e. The van der Waals surface area contributed by atoms with Crippen molar-refractivity contribution in [3.63, 3.8) is 0 Å². The molecule has 8 heteroatoms. The van der Waals surface area contributed by atoms with Gasteiger partial charge < -0.3 is 15.8 Å². The van der Waals surface area contributed by atoms with Crippen molar-refractivity contribution in [3.05, 3.63) is 34.4 Å². The number of nitrogens with one attached hydrogen (secondary N) is 1. The summed E-state index contributed by atoms with van der Waals surface area (Å²) < 4.78 is 5.30. The molecular formula is C14H22ClN3O4. The minimum Gasteiger partial charge on any atom is -0.484 e. The Hall–Kier alpha value is -1.86. The van der Waals surface area contributed by atoms with Crippen molar-refractivity contribution in [1.82, 2.24) is 5.32 Å². The van der Waals surface area contributed by atoms with Crippen LogP contribution in [0.5, 0.6) is 5.75 Å². The molecule has 124 valence electrons. The molecule has 0 heterocycles. The molecule has 0 saturated carbocycles. The normalized spacial score (nSPS) is 13.0. The first kappa shape index (κ1) is 20.1. The van der Waals surface area contributed by atoms with Gasteiger partial charge in [-0.3, -0.25) is 14.9 Å². The highest BCUT2D eigenvalue weighted by Crippen LogP contribution is 2.18. The van der Waals surface area contributed by atoms with Gasteiger partial charge in [0, 0.05) is 18.7 Å². The molecule has 0 aliphatic carbocycles. The Balaban J connectivity index is 0.00000441. The van der Waals surface area contributed by atoms with Crippen LogP contribution in [0.4, 0.5) is 5.69 Å². The zero-order valence-corrected chi connectivity index (χ0v) is 13.7. The molecule has 0 aromatic heterocycles. The SMILES string of the molecule is CC(C)C(C)(CN)NC(=O)COc1ccc([N+](=O)[O-])cc1.Cl. The largest absolute Gasteiger partial charge is 0.484 e. The molecule has 0 aliphatic rings. The number of ether oxygens (including phenoxy) is 1. The van der Waals surface area contributed by atoms with Crippen LogP contribution in [0.15, 0.2) is 24.3 Å². The molecule has 1 rings (SSSR count). The summed E-state index contributed by atoms with van der Waals surface area (Å²) in [6.45, 7) is 5.99. The van der Waals surface area contributed by atoms with E-state index in [0.717, 1.165) is 0 Å². The first-order valence-electron chi connectivity index (χ1n) is 6.67. The number of hydrogen-bond donors (Lipinski definition) is 2. The first-order valence-corrected chi connectivity index (χ1v) is 6.67. The Labute approximate surface area is 135 Å². The fourth-order valence-electron chi connectivity index (χ4n) is 1.60. The van der Waals surface area contributed by atoms with Gasteiger partial charge in [-0.25, -0.2) is 0 Å². The van der Waals surface area contributed by atoms with E-state index in [0.29, 0.717) is 12.3 Å². The van der Waals surface area contributed by atoms with Crippen molar-refractivity contribution >= 4 is 24.0 Å². The average molecular weight is 332 g/mol. The van der Waals surface area contributed by atoms with Crippen LogP contribution < -0.4 is 15.8 Å². The lowest BCUT2D eigenvalue weighted by atomic mass is 9.88. The number of benzene rings is 1. The molecule has 7 nitrogen and oxygen atoms in total. The van der Waals surface area contributed by atoms with Crippen molar-refractivity contribution in [3.8, 4) is 5.75 Å². The molecule has 0 aliphatic heterocycles. The predicted molar refractivity (Wildman–Crippen MR) is 86.3 cm³/mol. The fraction of sp³-hybridized carbons (Fsp3) is 0.500. The van der Waals surface area contributed by atoms with Gasteiger partial charge in [0.2, 0.25) is 0 Å². The average Bonchev–Trinajstić information content (AvgIpc) is 2.45. The summed E-state index contributed by atoms with van der Waals surface area (Å²) in [5.41, 5.74) is 5.17. The van der Waals surface area contributed by atoms with E-state index in [4.69, 9.17) is 10.5 Å². The molecule has 0 bridgehead atoms. The Morgan fingerprint density at radius 3 is 2.36 bits per heavy atom. The van der Waals surface area contributed by atoms with Crippen LogP contribution in [0.2, 0.25) is 0 Å². The fourth-order valence-corrected chi connectivity index (χ4v) is 1.60. The highest BCUT2D eigenvalue weighted by molar-refractivity contribution is 5.85. The van der Waals surface area contributed by atoms with E-state index < -0.39 is 10.5 Å². The van der Waals surface area contributed by atoms with Crippen LogP contribution in [0.25, 0.3) is 0 Å². The molecule has 1 aromatic rings. The standard InChI is InChI=1S/C14H21N3O4.ClH/c1-10(2)14(3,9-15)16-13(18)8-21-12-6-4-11(5-7-12)17(19)20;/h4-7,10H,8-9,15H2,1-3H3,(H,16,18);1H. The van der Waals surface area contributed by atoms with Gasteiger partial charge >= 0.3 is 0 Å². The number of rotatable bonds is 7. The Kier molecular flexibility index (Phi) is 7.83. The zero-order valence-electron chi connectivity index (χ0n) is 12.9. The van der Waals surface area contributed by atoms with Crippen LogP contribution in [0, 0.1) is 16.0 Å². The second-order valence-corrected chi connectivity index (χ2v) is 5.36. The van der Waals surface area contributed by atoms with Crippen molar-refractivity contribution in [1.29, 1.82) is 0 Å². The van der Waals surface area contributed by atoms with Crippen molar-refractivity contribution in [2.45, 2.75) is 26.3 Å². The minimum atomic E-state index is -0.494. The smallest absolute Gasteiger partial charge is 0.269 e. The van der Waals surface area contributed by atoms with E-state index in [9.17, 15) is 14.9 Å². The summed E-state index contributed by atoms with van der Waals surface area (Å²) >= 11 is 0. The van der Waals surface area contributed by atoms with Crippen LogP contribution in [-0.4, -0.2) is 29.5 Å². The number of amides is 1. The highest BCUT2D eigenvalue weighted by atomic mass is 35.5. The third kappa shape index (κ3) is 5.50. The lowest BCUT2D eigenvalue weighted by Crippen LogP contribution is -2.56. The van der Waals surface area contributed by atoms with Crippen LogP contribution in [0.3, 0.4) is 0 Å². The molecule has 0 radical (unpaired) electrons. The van der Waals surface area contributed by atoms with Crippen LogP contribution >= 0.6 is 12.4 Å². The number of hydrogen-bond acceptors (Lipinski definition) is 5. The molecule has 22 heavy (non-hydrogen) atoms. The topological polar surface area (TPSA) is 107 Å². The molecule has 1 aromatic carbocycles. The number of non-ortho nitro benzene ring substituents is 1. The predicted octanol–water partition coefficient (Wildman–Crippen LogP) is 1.88. The van der Waals surface area contributed by atoms with Gasteiger partial charge in [0.15, 0.2) is 6.61 Å². The number of nitro groups is 1. The molecule has 0 fully saturated rings. The van der Waals surface area contributed by atoms with Gasteiger partial charge in [0.25, 0.3) is 11.6 Å². The molecule has 1 amide bonds. The minimum absolute atomic E-state index is 0. The van der Waals surface area contributed by atoms with Gasteiger partial charge in [0.1, 0.15) is 5.75 Å². The molecular weight excluding hydrogens is 310 g/mol. The second kappa shape index (κ2) is 8.55. The van der Waals surface area contributed by atoms with Crippen LogP contribution in [0.1, 0.15) is 20.8 Å². The summed E-state index contributed by atoms with van der Waals surface area (Å²) in [6.07, 6.45) is 0. The van der Waals surface area contributed by atoms with E-state index in [1.54, 1.807) is 0 Å². The summed E-state index contributed by atoms with van der Waals surface area (Å²) in [5.74, 6) is 0.301. The number of carbonyl (C=O) groups is 1. The molecule has 0 spiro atoms. The summed E-state index contributed by atoms with van der Waals surface area (Å²) in [6, 6.07) is 5.56. The van der Waals surface area contributed by atoms with Gasteiger partial charge in [0.05, 0.1) is 10.5 Å². The molecule has 1 atom stereocenters. The molecule has 0 saturated heterocycles.